The van der Waals surface area contributed by atoms with E-state index in [4.69, 9.17) is 29.0 Å². The molecule has 3 aromatic rings. The van der Waals surface area contributed by atoms with E-state index in [0.717, 1.165) is 0 Å². The molecule has 30 heavy (non-hydrogen) atoms. The predicted molar refractivity (Wildman–Crippen MR) is 109 cm³/mol. The van der Waals surface area contributed by atoms with Gasteiger partial charge in [0.15, 0.2) is 0 Å². The van der Waals surface area contributed by atoms with E-state index < -0.39 is 30.4 Å². The van der Waals surface area contributed by atoms with Gasteiger partial charge in [-0.2, -0.15) is 13.2 Å². The molecule has 2 aromatic carbocycles. The Morgan fingerprint density at radius 2 is 1.70 bits per heavy atom. The maximum atomic E-state index is 13.4. The van der Waals surface area contributed by atoms with Crippen molar-refractivity contribution in [2.24, 2.45) is 5.84 Å². The normalized spacial score (nSPS) is 11.1. The molecule has 2 amide bonds. The number of nitrogens with two attached hydrogens (primary N) is 1. The van der Waals surface area contributed by atoms with E-state index in [0.29, 0.717) is 4.57 Å². The minimum Gasteiger partial charge on any atom is -0.320 e. The zero-order chi connectivity index (χ0) is 21.3. The largest absolute Gasteiger partial charge is 0.449 e. The fraction of sp³-hybridized carbons (Fsp3) is 0.118. The molecule has 4 N–H and O–H groups in total. The van der Waals surface area contributed by atoms with Crippen LogP contribution in [0, 0.1) is 0 Å². The number of aromatic nitrogens is 2. The molecule has 13 heteroatoms. The molecule has 0 saturated heterocycles. The van der Waals surface area contributed by atoms with Crippen molar-refractivity contribution >= 4 is 64.1 Å². The van der Waals surface area contributed by atoms with Gasteiger partial charge in [-0.25, -0.2) is 10.8 Å². The second kappa shape index (κ2) is 9.09. The molecule has 3 rings (SSSR count). The molecule has 1 aromatic heterocycles. The van der Waals surface area contributed by atoms with Gasteiger partial charge in [-0.3, -0.25) is 15.0 Å². The van der Waals surface area contributed by atoms with Crippen LogP contribution in [0.3, 0.4) is 0 Å². The summed E-state index contributed by atoms with van der Waals surface area (Å²) >= 11 is 12.0. The lowest BCUT2D eigenvalue weighted by molar-refractivity contribution is -0.147. The third-order valence-electron chi connectivity index (χ3n) is 3.93. The summed E-state index contributed by atoms with van der Waals surface area (Å²) in [5, 5.41) is 2.61. The average Bonchev–Trinajstić information content (AvgIpc) is 3.01. The molecular formula is C17H13Cl3F3N5O2. The highest BCUT2D eigenvalue weighted by Crippen LogP contribution is 2.34. The number of rotatable bonds is 4. The van der Waals surface area contributed by atoms with Crippen LogP contribution in [0.1, 0.15) is 16.2 Å². The number of alkyl halides is 3. The minimum atomic E-state index is -4.85. The number of imidazole rings is 1. The summed E-state index contributed by atoms with van der Waals surface area (Å²) in [7, 11) is 0. The maximum absolute atomic E-state index is 13.4. The number of hydrogen-bond acceptors (Lipinski definition) is 4. The molecule has 0 bridgehead atoms. The fourth-order valence-corrected chi connectivity index (χ4v) is 3.28. The Morgan fingerprint density at radius 3 is 2.27 bits per heavy atom. The van der Waals surface area contributed by atoms with Gasteiger partial charge in [0.2, 0.25) is 5.82 Å². The van der Waals surface area contributed by atoms with Crippen molar-refractivity contribution in [1.82, 2.24) is 15.0 Å². The number of carbonyl (C=O) groups excluding carboxylic acids is 2. The van der Waals surface area contributed by atoms with Crippen LogP contribution in [0.2, 0.25) is 10.0 Å². The van der Waals surface area contributed by atoms with Crippen molar-refractivity contribution in [3.05, 3.63) is 57.8 Å². The van der Waals surface area contributed by atoms with Crippen LogP contribution in [0.4, 0.5) is 18.9 Å². The van der Waals surface area contributed by atoms with Gasteiger partial charge in [-0.05, 0) is 24.3 Å². The summed E-state index contributed by atoms with van der Waals surface area (Å²) in [5.41, 5.74) is 1.53. The van der Waals surface area contributed by atoms with Crippen LogP contribution in [0.5, 0.6) is 0 Å². The molecule has 0 spiro atoms. The number of para-hydroxylation sites is 1. The van der Waals surface area contributed by atoms with Gasteiger partial charge < -0.3 is 9.88 Å². The van der Waals surface area contributed by atoms with Crippen molar-refractivity contribution in [2.75, 3.05) is 5.32 Å². The Labute approximate surface area is 183 Å². The number of anilines is 1. The molecule has 0 aliphatic rings. The molecule has 0 saturated carbocycles. The molecule has 0 aliphatic carbocycles. The summed E-state index contributed by atoms with van der Waals surface area (Å²) in [6.45, 7) is -0.713. The van der Waals surface area contributed by atoms with E-state index in [1.165, 1.54) is 30.3 Å². The molecule has 0 fully saturated rings. The molecule has 0 unspecified atom stereocenters. The van der Waals surface area contributed by atoms with Crippen molar-refractivity contribution in [3.8, 4) is 0 Å². The number of carbonyl (C=O) groups is 2. The second-order valence-corrected chi connectivity index (χ2v) is 6.63. The second-order valence-electron chi connectivity index (χ2n) is 5.81. The number of benzene rings is 2. The lowest BCUT2D eigenvalue weighted by Gasteiger charge is -2.10. The summed E-state index contributed by atoms with van der Waals surface area (Å²) in [4.78, 5) is 27.8. The highest BCUT2D eigenvalue weighted by Gasteiger charge is 2.38. The quantitative estimate of drug-likeness (QED) is 0.297. The summed E-state index contributed by atoms with van der Waals surface area (Å²) < 4.78 is 41.0. The number of fused-ring (bicyclic) bond motifs is 1. The lowest BCUT2D eigenvalue weighted by Crippen LogP contribution is -2.34. The predicted octanol–water partition coefficient (Wildman–Crippen LogP) is 4.03. The van der Waals surface area contributed by atoms with E-state index in [2.05, 4.69) is 10.3 Å². The average molecular weight is 483 g/mol. The zero-order valence-electron chi connectivity index (χ0n) is 14.8. The van der Waals surface area contributed by atoms with E-state index in [-0.39, 0.29) is 44.7 Å². The Balaban J connectivity index is 0.00000320. The third kappa shape index (κ3) is 4.62. The Kier molecular flexibility index (Phi) is 7.19. The number of nitrogens with one attached hydrogen (secondary N) is 2. The molecule has 0 radical (unpaired) electrons. The van der Waals surface area contributed by atoms with Gasteiger partial charge in [0.05, 0.1) is 26.8 Å². The van der Waals surface area contributed by atoms with Gasteiger partial charge >= 0.3 is 6.18 Å². The van der Waals surface area contributed by atoms with Crippen molar-refractivity contribution in [3.63, 3.8) is 0 Å². The fourth-order valence-electron chi connectivity index (χ4n) is 2.71. The van der Waals surface area contributed by atoms with E-state index in [1.807, 2.05) is 0 Å². The Bertz CT molecular complexity index is 1100. The first-order valence-electron chi connectivity index (χ1n) is 7.94. The van der Waals surface area contributed by atoms with Crippen LogP contribution in [-0.2, 0) is 17.5 Å². The van der Waals surface area contributed by atoms with Gasteiger partial charge in [-0.15, -0.1) is 12.4 Å². The first kappa shape index (κ1) is 23.7. The lowest BCUT2D eigenvalue weighted by atomic mass is 10.2. The van der Waals surface area contributed by atoms with Crippen LogP contribution in [0.15, 0.2) is 36.4 Å². The number of amides is 2. The Hall–Kier alpha value is -2.53. The molecule has 7 nitrogen and oxygen atoms in total. The van der Waals surface area contributed by atoms with Gasteiger partial charge in [0.1, 0.15) is 12.1 Å². The summed E-state index contributed by atoms with van der Waals surface area (Å²) in [6, 6.07) is 8.55. The van der Waals surface area contributed by atoms with Crippen molar-refractivity contribution < 1.29 is 22.8 Å². The highest BCUT2D eigenvalue weighted by atomic mass is 35.5. The SMILES string of the molecule is Cl.NNC(=O)Cn1c(C(F)(F)F)nc2c(NC(=O)c3c(Cl)cccc3Cl)cccc21. The molecular weight excluding hydrogens is 470 g/mol. The highest BCUT2D eigenvalue weighted by molar-refractivity contribution is 6.40. The monoisotopic (exact) mass is 481 g/mol. The van der Waals surface area contributed by atoms with Crippen molar-refractivity contribution in [2.45, 2.75) is 12.7 Å². The summed E-state index contributed by atoms with van der Waals surface area (Å²) in [5.74, 6) is 2.09. The number of nitrogens with zero attached hydrogens (tertiary/aromatic N) is 2. The van der Waals surface area contributed by atoms with Gasteiger partial charge in [0.25, 0.3) is 11.8 Å². The van der Waals surface area contributed by atoms with E-state index in [9.17, 15) is 22.8 Å². The number of hydrogen-bond donors (Lipinski definition) is 3. The molecule has 0 aliphatic heterocycles. The maximum Gasteiger partial charge on any atom is 0.449 e. The third-order valence-corrected chi connectivity index (χ3v) is 4.56. The molecule has 0 atom stereocenters. The molecule has 160 valence electrons. The van der Waals surface area contributed by atoms with Crippen LogP contribution >= 0.6 is 35.6 Å². The zero-order valence-corrected chi connectivity index (χ0v) is 17.1. The van der Waals surface area contributed by atoms with E-state index in [1.54, 1.807) is 11.5 Å². The number of hydrazine groups is 1. The standard InChI is InChI=1S/C17H12Cl2F3N5O2.ClH/c18-8-3-1-4-9(19)13(8)15(29)24-10-5-2-6-11-14(10)25-16(17(20,21)22)27(11)7-12(28)26-23;/h1-6H,7,23H2,(H,24,29)(H,26,28);1H. The van der Waals surface area contributed by atoms with Crippen molar-refractivity contribution in [1.29, 1.82) is 0 Å². The van der Waals surface area contributed by atoms with Crippen LogP contribution < -0.4 is 16.6 Å². The summed E-state index contributed by atoms with van der Waals surface area (Å²) in [6.07, 6.45) is -4.85. The Morgan fingerprint density at radius 1 is 1.10 bits per heavy atom. The first-order valence-corrected chi connectivity index (χ1v) is 8.70. The topological polar surface area (TPSA) is 102 Å². The molecule has 1 heterocycles. The number of halogens is 6. The van der Waals surface area contributed by atoms with Gasteiger partial charge in [0, 0.05) is 0 Å². The van der Waals surface area contributed by atoms with Crippen LogP contribution in [0.25, 0.3) is 11.0 Å². The van der Waals surface area contributed by atoms with Crippen LogP contribution in [-0.4, -0.2) is 21.4 Å². The minimum absolute atomic E-state index is 0. The smallest absolute Gasteiger partial charge is 0.320 e. The first-order chi connectivity index (χ1) is 13.6. The van der Waals surface area contributed by atoms with E-state index >= 15 is 0 Å². The van der Waals surface area contributed by atoms with Gasteiger partial charge in [-0.1, -0.05) is 35.3 Å².